The molecule has 1 aromatic rings. The van der Waals surface area contributed by atoms with Crippen LogP contribution in [0.4, 0.5) is 5.69 Å². The molecule has 0 aliphatic carbocycles. The molecule has 1 aromatic carbocycles. The highest BCUT2D eigenvalue weighted by Crippen LogP contribution is 2.35. The van der Waals surface area contributed by atoms with Gasteiger partial charge in [-0.2, -0.15) is 0 Å². The Morgan fingerprint density at radius 2 is 1.90 bits per heavy atom. The van der Waals surface area contributed by atoms with Crippen molar-refractivity contribution in [3.8, 4) is 11.5 Å². The number of nitrogens with two attached hydrogens (primary N) is 1. The van der Waals surface area contributed by atoms with Gasteiger partial charge in [-0.1, -0.05) is 0 Å². The van der Waals surface area contributed by atoms with Crippen molar-refractivity contribution < 1.29 is 22.7 Å². The van der Waals surface area contributed by atoms with Gasteiger partial charge >= 0.3 is 0 Å². The van der Waals surface area contributed by atoms with Gasteiger partial charge in [-0.15, -0.1) is 0 Å². The lowest BCUT2D eigenvalue weighted by Gasteiger charge is -2.28. The van der Waals surface area contributed by atoms with Crippen molar-refractivity contribution in [1.29, 1.82) is 0 Å². The number of fused-ring (bicyclic) bond motifs is 1. The van der Waals surface area contributed by atoms with Crippen LogP contribution in [0.5, 0.6) is 11.5 Å². The fourth-order valence-corrected chi connectivity index (χ4v) is 3.16. The van der Waals surface area contributed by atoms with Gasteiger partial charge in [0.25, 0.3) is 0 Å². The molecule has 1 atom stereocenters. The van der Waals surface area contributed by atoms with Gasteiger partial charge in [0.05, 0.1) is 11.9 Å². The van der Waals surface area contributed by atoms with E-state index in [4.69, 9.17) is 15.2 Å². The Kier molecular flexibility index (Phi) is 3.76. The average Bonchev–Trinajstić information content (AvgIpc) is 2.37. The topological polar surface area (TPSA) is 98.9 Å². The van der Waals surface area contributed by atoms with Crippen molar-refractivity contribution in [2.24, 2.45) is 5.73 Å². The lowest BCUT2D eigenvalue weighted by molar-refractivity contribution is -0.118. The minimum absolute atomic E-state index is 0.308. The number of anilines is 1. The number of hydrogen-bond donors (Lipinski definition) is 1. The zero-order valence-electron chi connectivity index (χ0n) is 11.2. The maximum atomic E-state index is 11.9. The third-order valence-corrected chi connectivity index (χ3v) is 4.14. The highest BCUT2D eigenvalue weighted by atomic mass is 32.2. The zero-order valence-corrected chi connectivity index (χ0v) is 12.0. The number of hydrogen-bond acceptors (Lipinski definition) is 5. The molecule has 0 saturated heterocycles. The van der Waals surface area contributed by atoms with Gasteiger partial charge in [-0.25, -0.2) is 8.42 Å². The standard InChI is InChI=1S/C12H16N2O5S/c1-8(12(13)15)14(20(2,16)17)9-3-4-10-11(7-9)19-6-5-18-10/h3-4,7-8H,5-6H2,1-2H3,(H2,13,15)/t8-/m1/s1. The maximum Gasteiger partial charge on any atom is 0.241 e. The molecule has 110 valence electrons. The molecule has 0 spiro atoms. The van der Waals surface area contributed by atoms with Crippen molar-refractivity contribution in [3.63, 3.8) is 0 Å². The summed E-state index contributed by atoms with van der Waals surface area (Å²) in [7, 11) is -3.65. The molecule has 8 heteroatoms. The predicted molar refractivity (Wildman–Crippen MR) is 73.4 cm³/mol. The molecule has 1 aliphatic heterocycles. The van der Waals surface area contributed by atoms with Crippen LogP contribution in [0.1, 0.15) is 6.92 Å². The molecule has 0 aromatic heterocycles. The summed E-state index contributed by atoms with van der Waals surface area (Å²) in [6.45, 7) is 2.26. The monoisotopic (exact) mass is 300 g/mol. The second-order valence-electron chi connectivity index (χ2n) is 4.47. The van der Waals surface area contributed by atoms with Crippen LogP contribution in [0.15, 0.2) is 18.2 Å². The minimum Gasteiger partial charge on any atom is -0.486 e. The fraction of sp³-hybridized carbons (Fsp3) is 0.417. The van der Waals surface area contributed by atoms with Crippen molar-refractivity contribution >= 4 is 21.6 Å². The molecule has 0 fully saturated rings. The van der Waals surface area contributed by atoms with E-state index in [-0.39, 0.29) is 0 Å². The molecular formula is C12H16N2O5S. The van der Waals surface area contributed by atoms with Crippen LogP contribution >= 0.6 is 0 Å². The summed E-state index contributed by atoms with van der Waals surface area (Å²) in [5.74, 6) is 0.254. The third-order valence-electron chi connectivity index (χ3n) is 2.90. The van der Waals surface area contributed by atoms with Gasteiger partial charge in [0.1, 0.15) is 19.3 Å². The Hall–Kier alpha value is -1.96. The summed E-state index contributed by atoms with van der Waals surface area (Å²) in [6, 6.07) is 3.69. The molecule has 20 heavy (non-hydrogen) atoms. The SMILES string of the molecule is C[C@H](C(N)=O)N(c1ccc2c(c1)OCCO2)S(C)(=O)=O. The molecule has 0 unspecified atom stereocenters. The first-order valence-electron chi connectivity index (χ1n) is 5.99. The fourth-order valence-electron chi connectivity index (χ4n) is 1.99. The summed E-state index contributed by atoms with van der Waals surface area (Å²) in [5, 5.41) is 0. The van der Waals surface area contributed by atoms with Crippen molar-refractivity contribution in [2.45, 2.75) is 13.0 Å². The van der Waals surface area contributed by atoms with Crippen molar-refractivity contribution in [2.75, 3.05) is 23.8 Å². The molecule has 1 aliphatic rings. The van der Waals surface area contributed by atoms with Gasteiger partial charge < -0.3 is 15.2 Å². The molecule has 1 amide bonds. The summed E-state index contributed by atoms with van der Waals surface area (Å²) >= 11 is 0. The Labute approximate surface area is 117 Å². The summed E-state index contributed by atoms with van der Waals surface area (Å²) < 4.78 is 35.5. The highest BCUT2D eigenvalue weighted by molar-refractivity contribution is 7.92. The van der Waals surface area contributed by atoms with Crippen LogP contribution in [-0.4, -0.2) is 39.8 Å². The second-order valence-corrected chi connectivity index (χ2v) is 6.32. The average molecular weight is 300 g/mol. The number of carbonyl (C=O) groups excluding carboxylic acids is 1. The van der Waals surface area contributed by atoms with E-state index in [1.165, 1.54) is 13.0 Å². The molecule has 0 radical (unpaired) electrons. The van der Waals surface area contributed by atoms with Gasteiger partial charge in [0, 0.05) is 6.07 Å². The first-order chi connectivity index (χ1) is 9.30. The predicted octanol–water partition coefficient (Wildman–Crippen LogP) is 0.0976. The molecule has 0 bridgehead atoms. The number of carbonyl (C=O) groups is 1. The van der Waals surface area contributed by atoms with Crippen LogP contribution < -0.4 is 19.5 Å². The minimum atomic E-state index is -3.65. The van der Waals surface area contributed by atoms with E-state index in [9.17, 15) is 13.2 Å². The Morgan fingerprint density at radius 3 is 2.45 bits per heavy atom. The number of rotatable bonds is 4. The Balaban J connectivity index is 2.47. The van der Waals surface area contributed by atoms with Crippen LogP contribution in [0.2, 0.25) is 0 Å². The zero-order chi connectivity index (χ0) is 14.9. The maximum absolute atomic E-state index is 11.9. The van der Waals surface area contributed by atoms with E-state index in [1.54, 1.807) is 12.1 Å². The molecule has 0 saturated carbocycles. The van der Waals surface area contributed by atoms with Crippen molar-refractivity contribution in [1.82, 2.24) is 0 Å². The summed E-state index contributed by atoms with van der Waals surface area (Å²) in [4.78, 5) is 11.3. The second kappa shape index (κ2) is 5.20. The largest absolute Gasteiger partial charge is 0.486 e. The van der Waals surface area contributed by atoms with Gasteiger partial charge in [0.2, 0.25) is 15.9 Å². The van der Waals surface area contributed by atoms with Crippen LogP contribution in [0.25, 0.3) is 0 Å². The molecule has 2 N–H and O–H groups in total. The van der Waals surface area contributed by atoms with E-state index < -0.39 is 22.0 Å². The first-order valence-corrected chi connectivity index (χ1v) is 7.84. The van der Waals surface area contributed by atoms with Gasteiger partial charge in [-0.05, 0) is 19.1 Å². The number of nitrogens with zero attached hydrogens (tertiary/aromatic N) is 1. The normalized spacial score (nSPS) is 15.5. The van der Waals surface area contributed by atoms with E-state index >= 15 is 0 Å². The van der Waals surface area contributed by atoms with Crippen LogP contribution in [-0.2, 0) is 14.8 Å². The third kappa shape index (κ3) is 2.79. The Morgan fingerprint density at radius 1 is 1.30 bits per heavy atom. The van der Waals surface area contributed by atoms with E-state index in [2.05, 4.69) is 0 Å². The smallest absolute Gasteiger partial charge is 0.241 e. The Bertz CT molecular complexity index is 629. The molecule has 7 nitrogen and oxygen atoms in total. The molecule has 2 rings (SSSR count). The molecular weight excluding hydrogens is 284 g/mol. The highest BCUT2D eigenvalue weighted by Gasteiger charge is 2.28. The number of sulfonamides is 1. The molecule has 1 heterocycles. The van der Waals surface area contributed by atoms with Gasteiger partial charge in [-0.3, -0.25) is 9.10 Å². The van der Waals surface area contributed by atoms with E-state index in [1.807, 2.05) is 0 Å². The quantitative estimate of drug-likeness (QED) is 0.850. The summed E-state index contributed by atoms with van der Waals surface area (Å²) in [6.07, 6.45) is 1.02. The first kappa shape index (κ1) is 14.4. The number of primary amides is 1. The number of ether oxygens (including phenoxy) is 2. The van der Waals surface area contributed by atoms with Crippen molar-refractivity contribution in [3.05, 3.63) is 18.2 Å². The van der Waals surface area contributed by atoms with Gasteiger partial charge in [0.15, 0.2) is 11.5 Å². The van der Waals surface area contributed by atoms with E-state index in [0.717, 1.165) is 10.6 Å². The van der Waals surface area contributed by atoms with Crippen LogP contribution in [0, 0.1) is 0 Å². The number of benzene rings is 1. The lowest BCUT2D eigenvalue weighted by atomic mass is 10.2. The lowest BCUT2D eigenvalue weighted by Crippen LogP contribution is -2.45. The number of amides is 1. The summed E-state index contributed by atoms with van der Waals surface area (Å²) in [5.41, 5.74) is 5.52. The van der Waals surface area contributed by atoms with E-state index in [0.29, 0.717) is 30.4 Å². The van der Waals surface area contributed by atoms with Crippen LogP contribution in [0.3, 0.4) is 0 Å².